The Kier molecular flexibility index (Phi) is 4.49. The molecule has 3 N–H and O–H groups in total. The first-order chi connectivity index (χ1) is 13.5. The van der Waals surface area contributed by atoms with E-state index in [0.717, 1.165) is 33.2 Å². The van der Waals surface area contributed by atoms with Gasteiger partial charge in [-0.1, -0.05) is 48.0 Å². The van der Waals surface area contributed by atoms with Crippen molar-refractivity contribution in [2.75, 3.05) is 5.73 Å². The zero-order chi connectivity index (χ0) is 19.8. The zero-order valence-electron chi connectivity index (χ0n) is 15.8. The van der Waals surface area contributed by atoms with E-state index in [9.17, 15) is 9.90 Å². The first kappa shape index (κ1) is 18.0. The number of furan rings is 1. The number of nitrogens with two attached hydrogens (primary N) is 1. The number of aryl methyl sites for hydroxylation is 2. The van der Waals surface area contributed by atoms with Gasteiger partial charge in [-0.05, 0) is 54.3 Å². The van der Waals surface area contributed by atoms with E-state index < -0.39 is 0 Å². The number of ketones is 1. The van der Waals surface area contributed by atoms with E-state index in [1.54, 1.807) is 0 Å². The van der Waals surface area contributed by atoms with Crippen LogP contribution >= 0.6 is 0 Å². The van der Waals surface area contributed by atoms with Crippen LogP contribution < -0.4 is 5.73 Å². The highest BCUT2D eigenvalue weighted by Crippen LogP contribution is 2.34. The van der Waals surface area contributed by atoms with Crippen LogP contribution in [-0.4, -0.2) is 10.9 Å². The average Bonchev–Trinajstić information content (AvgIpc) is 3.03. The number of carbonyl (C=O) groups is 1. The van der Waals surface area contributed by atoms with Crippen LogP contribution in [0.25, 0.3) is 22.1 Å². The molecule has 0 aliphatic rings. The van der Waals surface area contributed by atoms with E-state index >= 15 is 0 Å². The molecule has 28 heavy (non-hydrogen) atoms. The quantitative estimate of drug-likeness (QED) is 0.494. The third-order valence-corrected chi connectivity index (χ3v) is 5.00. The maximum Gasteiger partial charge on any atom is 0.230 e. The number of nitrogen functional groups attached to an aromatic ring is 1. The molecule has 0 radical (unpaired) electrons. The lowest BCUT2D eigenvalue weighted by atomic mass is 9.99. The fourth-order valence-electron chi connectivity index (χ4n) is 3.50. The molecule has 0 atom stereocenters. The summed E-state index contributed by atoms with van der Waals surface area (Å²) in [7, 11) is 0. The zero-order valence-corrected chi connectivity index (χ0v) is 15.8. The largest absolute Gasteiger partial charge is 0.450 e. The predicted octanol–water partition coefficient (Wildman–Crippen LogP) is 5.02. The molecule has 140 valence electrons. The Morgan fingerprint density at radius 3 is 2.54 bits per heavy atom. The number of hydrogen-bond acceptors (Lipinski definition) is 4. The number of hydrogen-bond donors (Lipinski definition) is 2. The van der Waals surface area contributed by atoms with Crippen molar-refractivity contribution in [3.63, 3.8) is 0 Å². The first-order valence-electron chi connectivity index (χ1n) is 9.12. The number of aliphatic hydroxyl groups is 1. The molecule has 4 rings (SSSR count). The van der Waals surface area contributed by atoms with Gasteiger partial charge in [-0.25, -0.2) is 0 Å². The van der Waals surface area contributed by atoms with Gasteiger partial charge in [0.15, 0.2) is 5.76 Å². The van der Waals surface area contributed by atoms with Crippen LogP contribution in [0.2, 0.25) is 0 Å². The van der Waals surface area contributed by atoms with E-state index in [1.807, 2.05) is 74.5 Å². The lowest BCUT2D eigenvalue weighted by Crippen LogP contribution is -2.05. The van der Waals surface area contributed by atoms with E-state index in [4.69, 9.17) is 10.2 Å². The summed E-state index contributed by atoms with van der Waals surface area (Å²) >= 11 is 0. The predicted molar refractivity (Wildman–Crippen MR) is 111 cm³/mol. The molecule has 0 saturated carbocycles. The van der Waals surface area contributed by atoms with Crippen LogP contribution in [0.3, 0.4) is 0 Å². The van der Waals surface area contributed by atoms with Crippen molar-refractivity contribution in [2.45, 2.75) is 20.5 Å². The summed E-state index contributed by atoms with van der Waals surface area (Å²) in [6.07, 6.45) is 0. The van der Waals surface area contributed by atoms with Gasteiger partial charge in [0.1, 0.15) is 5.58 Å². The summed E-state index contributed by atoms with van der Waals surface area (Å²) in [5.74, 6) is -0.0433. The lowest BCUT2D eigenvalue weighted by Gasteiger charge is -2.04. The first-order valence-corrected chi connectivity index (χ1v) is 9.12. The van der Waals surface area contributed by atoms with Crippen molar-refractivity contribution in [1.29, 1.82) is 0 Å². The fourth-order valence-corrected chi connectivity index (χ4v) is 3.50. The van der Waals surface area contributed by atoms with Gasteiger partial charge in [-0.3, -0.25) is 4.79 Å². The summed E-state index contributed by atoms with van der Waals surface area (Å²) in [4.78, 5) is 13.0. The monoisotopic (exact) mass is 371 g/mol. The molecular formula is C24H21NO3. The summed E-state index contributed by atoms with van der Waals surface area (Å²) in [6.45, 7) is 3.88. The van der Waals surface area contributed by atoms with Gasteiger partial charge >= 0.3 is 0 Å². The fraction of sp³-hybridized carbons (Fsp3) is 0.125. The molecule has 0 saturated heterocycles. The molecule has 4 nitrogen and oxygen atoms in total. The molecule has 0 aliphatic carbocycles. The third kappa shape index (κ3) is 3.08. The molecule has 0 unspecified atom stereocenters. The highest BCUT2D eigenvalue weighted by molar-refractivity contribution is 6.15. The number of aliphatic hydroxyl groups excluding tert-OH is 1. The van der Waals surface area contributed by atoms with Gasteiger partial charge < -0.3 is 15.3 Å². The van der Waals surface area contributed by atoms with Gasteiger partial charge in [0.2, 0.25) is 5.78 Å². The summed E-state index contributed by atoms with van der Waals surface area (Å²) < 4.78 is 5.90. The third-order valence-electron chi connectivity index (χ3n) is 5.00. The Morgan fingerprint density at radius 1 is 1.00 bits per heavy atom. The van der Waals surface area contributed by atoms with Gasteiger partial charge in [-0.15, -0.1) is 0 Å². The topological polar surface area (TPSA) is 76.5 Å². The van der Waals surface area contributed by atoms with Crippen LogP contribution in [0.15, 0.2) is 65.1 Å². The minimum Gasteiger partial charge on any atom is -0.450 e. The Balaban J connectivity index is 1.79. The number of carbonyl (C=O) groups excluding carboxylic acids is 1. The molecule has 0 aliphatic heterocycles. The number of rotatable bonds is 4. The van der Waals surface area contributed by atoms with Crippen LogP contribution in [0.5, 0.6) is 0 Å². The Bertz CT molecular complexity index is 1200. The summed E-state index contributed by atoms with van der Waals surface area (Å²) in [6, 6.07) is 19.0. The molecule has 4 heteroatoms. The Morgan fingerprint density at radius 2 is 1.79 bits per heavy atom. The highest BCUT2D eigenvalue weighted by atomic mass is 16.3. The maximum atomic E-state index is 13.0. The van der Waals surface area contributed by atoms with E-state index in [-0.39, 0.29) is 18.2 Å². The van der Waals surface area contributed by atoms with Crippen LogP contribution in [0.1, 0.15) is 32.8 Å². The van der Waals surface area contributed by atoms with Gasteiger partial charge in [0, 0.05) is 10.9 Å². The molecule has 4 aromatic rings. The van der Waals surface area contributed by atoms with Gasteiger partial charge in [0.05, 0.1) is 12.3 Å². The molecule has 0 bridgehead atoms. The SMILES string of the molecule is Cc1ccc(C(=O)c2oc3cc(-c4cccc(CO)c4)ccc3c2N)c(C)c1. The van der Waals surface area contributed by atoms with Crippen LogP contribution in [-0.2, 0) is 6.61 Å². The summed E-state index contributed by atoms with van der Waals surface area (Å²) in [5, 5.41) is 10.1. The van der Waals surface area contributed by atoms with Crippen molar-refractivity contribution in [2.24, 2.45) is 0 Å². The van der Waals surface area contributed by atoms with Crippen molar-refractivity contribution in [1.82, 2.24) is 0 Å². The molecule has 0 amide bonds. The van der Waals surface area contributed by atoms with Gasteiger partial charge in [-0.2, -0.15) is 0 Å². The van der Waals surface area contributed by atoms with E-state index in [1.165, 1.54) is 0 Å². The Hall–Kier alpha value is -3.37. The number of benzene rings is 3. The summed E-state index contributed by atoms with van der Waals surface area (Å²) in [5.41, 5.74) is 12.5. The maximum absolute atomic E-state index is 13.0. The van der Waals surface area contributed by atoms with Crippen molar-refractivity contribution >= 4 is 22.4 Å². The Labute approximate surface area is 163 Å². The number of anilines is 1. The molecule has 0 fully saturated rings. The molecule has 0 spiro atoms. The second kappa shape index (κ2) is 6.98. The lowest BCUT2D eigenvalue weighted by molar-refractivity contribution is 0.101. The number of fused-ring (bicyclic) bond motifs is 1. The molecule has 3 aromatic carbocycles. The second-order valence-corrected chi connectivity index (χ2v) is 7.06. The van der Waals surface area contributed by atoms with Crippen LogP contribution in [0.4, 0.5) is 5.69 Å². The van der Waals surface area contributed by atoms with Crippen molar-refractivity contribution in [3.05, 3.63) is 88.7 Å². The molecule has 1 heterocycles. The van der Waals surface area contributed by atoms with E-state index in [0.29, 0.717) is 16.8 Å². The van der Waals surface area contributed by atoms with Crippen molar-refractivity contribution in [3.8, 4) is 11.1 Å². The van der Waals surface area contributed by atoms with E-state index in [2.05, 4.69) is 0 Å². The smallest absolute Gasteiger partial charge is 0.230 e. The standard InChI is InChI=1S/C24H21NO3/c1-14-6-8-19(15(2)10-14)23(27)24-22(25)20-9-7-18(12-21(20)28-24)17-5-3-4-16(11-17)13-26/h3-12,26H,13,25H2,1-2H3. The molecule has 1 aromatic heterocycles. The minimum absolute atomic E-state index is 0.0155. The minimum atomic E-state index is -0.213. The highest BCUT2D eigenvalue weighted by Gasteiger charge is 2.21. The normalized spacial score (nSPS) is 11.1. The second-order valence-electron chi connectivity index (χ2n) is 7.06. The van der Waals surface area contributed by atoms with Crippen molar-refractivity contribution < 1.29 is 14.3 Å². The average molecular weight is 371 g/mol. The van der Waals surface area contributed by atoms with Gasteiger partial charge in [0.25, 0.3) is 0 Å². The van der Waals surface area contributed by atoms with Crippen LogP contribution in [0, 0.1) is 13.8 Å². The molecular weight excluding hydrogens is 350 g/mol.